The van der Waals surface area contributed by atoms with Crippen molar-refractivity contribution in [2.75, 3.05) is 12.4 Å². The number of hydrogen-bond donors (Lipinski definition) is 1. The average Bonchev–Trinajstić information content (AvgIpc) is 2.64. The molecule has 0 saturated heterocycles. The van der Waals surface area contributed by atoms with Crippen molar-refractivity contribution in [1.82, 2.24) is 0 Å². The first kappa shape index (κ1) is 22.1. The van der Waals surface area contributed by atoms with Crippen LogP contribution in [0.15, 0.2) is 35.9 Å². The fraction of sp³-hybridized carbons (Fsp3) is 0.238. The summed E-state index contributed by atoms with van der Waals surface area (Å²) in [6.45, 7) is 5.73. The fourth-order valence-corrected chi connectivity index (χ4v) is 3.29. The van der Waals surface area contributed by atoms with Crippen molar-refractivity contribution in [3.05, 3.63) is 55.6 Å². The smallest absolute Gasteiger partial charge is 0.266 e. The van der Waals surface area contributed by atoms with Gasteiger partial charge < -0.3 is 14.8 Å². The third kappa shape index (κ3) is 5.63. The van der Waals surface area contributed by atoms with Crippen LogP contribution in [-0.2, 0) is 4.79 Å². The van der Waals surface area contributed by atoms with Crippen molar-refractivity contribution in [2.24, 2.45) is 0 Å². The number of methoxy groups -OCH3 is 1. The van der Waals surface area contributed by atoms with Gasteiger partial charge in [0.05, 0.1) is 16.8 Å². The summed E-state index contributed by atoms with van der Waals surface area (Å²) in [7, 11) is 1.55. The minimum Gasteiger partial charge on any atom is -0.493 e. The third-order valence-corrected chi connectivity index (χ3v) is 4.92. The number of carbonyl (C=O) groups is 1. The lowest BCUT2D eigenvalue weighted by Gasteiger charge is -2.16. The van der Waals surface area contributed by atoms with E-state index in [0.29, 0.717) is 27.8 Å². The molecule has 2 rings (SSSR count). The van der Waals surface area contributed by atoms with Crippen molar-refractivity contribution in [2.45, 2.75) is 26.9 Å². The molecule has 0 saturated carbocycles. The Bertz CT molecular complexity index is 965. The van der Waals surface area contributed by atoms with Crippen LogP contribution >= 0.6 is 34.2 Å². The van der Waals surface area contributed by atoms with E-state index >= 15 is 0 Å². The third-order valence-electron chi connectivity index (χ3n) is 3.71. The number of nitrogens with one attached hydrogen (secondary N) is 1. The van der Waals surface area contributed by atoms with Crippen LogP contribution in [0.25, 0.3) is 6.08 Å². The Morgan fingerprint density at radius 2 is 2.04 bits per heavy atom. The van der Waals surface area contributed by atoms with Gasteiger partial charge >= 0.3 is 0 Å². The highest BCUT2D eigenvalue weighted by atomic mass is 127. The summed E-state index contributed by atoms with van der Waals surface area (Å²) in [5.41, 5.74) is 2.05. The minimum atomic E-state index is -0.515. The molecule has 0 radical (unpaired) electrons. The van der Waals surface area contributed by atoms with Crippen LogP contribution in [0.1, 0.15) is 25.0 Å². The highest BCUT2D eigenvalue weighted by Gasteiger charge is 2.15. The molecule has 0 atom stereocenters. The number of amides is 1. The molecule has 7 heteroatoms. The van der Waals surface area contributed by atoms with E-state index in [1.807, 2.05) is 32.9 Å². The molecular formula is C21H20ClIN2O3. The summed E-state index contributed by atoms with van der Waals surface area (Å²) < 4.78 is 12.0. The molecule has 0 aliphatic heterocycles. The Labute approximate surface area is 183 Å². The summed E-state index contributed by atoms with van der Waals surface area (Å²) in [5, 5.41) is 12.7. The number of ether oxygens (including phenoxy) is 2. The second-order valence-corrected chi connectivity index (χ2v) is 7.86. The first-order valence-corrected chi connectivity index (χ1v) is 9.94. The fourth-order valence-electron chi connectivity index (χ4n) is 2.36. The number of rotatable bonds is 6. The van der Waals surface area contributed by atoms with Crippen molar-refractivity contribution in [3.63, 3.8) is 0 Å². The molecule has 1 N–H and O–H groups in total. The van der Waals surface area contributed by atoms with Crippen LogP contribution in [0, 0.1) is 21.8 Å². The highest BCUT2D eigenvalue weighted by molar-refractivity contribution is 14.1. The molecule has 2 aromatic carbocycles. The van der Waals surface area contributed by atoms with Gasteiger partial charge in [-0.3, -0.25) is 4.79 Å². The van der Waals surface area contributed by atoms with Gasteiger partial charge in [0.1, 0.15) is 11.6 Å². The maximum Gasteiger partial charge on any atom is 0.266 e. The monoisotopic (exact) mass is 510 g/mol. The van der Waals surface area contributed by atoms with Crippen LogP contribution in [-0.4, -0.2) is 19.1 Å². The quantitative estimate of drug-likeness (QED) is 0.312. The van der Waals surface area contributed by atoms with E-state index in [0.717, 1.165) is 9.13 Å². The molecular weight excluding hydrogens is 491 g/mol. The molecule has 0 fully saturated rings. The Morgan fingerprint density at radius 3 is 2.61 bits per heavy atom. The number of halogens is 2. The van der Waals surface area contributed by atoms with Crippen molar-refractivity contribution in [1.29, 1.82) is 5.26 Å². The van der Waals surface area contributed by atoms with Crippen LogP contribution < -0.4 is 14.8 Å². The molecule has 0 aliphatic rings. The lowest BCUT2D eigenvalue weighted by molar-refractivity contribution is -0.112. The lowest BCUT2D eigenvalue weighted by atomic mass is 10.1. The van der Waals surface area contributed by atoms with E-state index in [1.54, 1.807) is 31.4 Å². The number of nitriles is 1. The second-order valence-electron chi connectivity index (χ2n) is 6.29. The molecule has 1 amide bonds. The number of carbonyl (C=O) groups excluding carboxylic acids is 1. The summed E-state index contributed by atoms with van der Waals surface area (Å²) in [5.74, 6) is 0.654. The number of benzene rings is 2. The van der Waals surface area contributed by atoms with Crippen molar-refractivity contribution >= 4 is 51.9 Å². The predicted molar refractivity (Wildman–Crippen MR) is 120 cm³/mol. The van der Waals surface area contributed by atoms with E-state index in [4.69, 9.17) is 21.1 Å². The number of hydrogen-bond acceptors (Lipinski definition) is 4. The van der Waals surface area contributed by atoms with Gasteiger partial charge in [0.25, 0.3) is 5.91 Å². The maximum atomic E-state index is 12.5. The Kier molecular flexibility index (Phi) is 7.72. The number of anilines is 1. The van der Waals surface area contributed by atoms with Crippen molar-refractivity contribution < 1.29 is 14.3 Å². The Balaban J connectivity index is 2.32. The van der Waals surface area contributed by atoms with Gasteiger partial charge in [-0.2, -0.15) is 5.26 Å². The summed E-state index contributed by atoms with van der Waals surface area (Å²) in [4.78, 5) is 12.5. The van der Waals surface area contributed by atoms with Gasteiger partial charge in [0.15, 0.2) is 11.5 Å². The second kappa shape index (κ2) is 9.80. The van der Waals surface area contributed by atoms with Gasteiger partial charge in [-0.05, 0) is 84.8 Å². The molecule has 0 unspecified atom stereocenters. The largest absolute Gasteiger partial charge is 0.493 e. The molecule has 5 nitrogen and oxygen atoms in total. The topological polar surface area (TPSA) is 71.3 Å². The zero-order valence-corrected chi connectivity index (χ0v) is 18.9. The lowest BCUT2D eigenvalue weighted by Crippen LogP contribution is -2.13. The SMILES string of the molecule is COc1cc(/C=C(\C#N)C(=O)Nc2ccc(C)c(Cl)c2)cc(I)c1OC(C)C. The molecule has 2 aromatic rings. The van der Waals surface area contributed by atoms with Crippen LogP contribution in [0.2, 0.25) is 5.02 Å². The van der Waals surface area contributed by atoms with E-state index in [1.165, 1.54) is 6.08 Å². The summed E-state index contributed by atoms with van der Waals surface area (Å²) in [6.07, 6.45) is 1.50. The Morgan fingerprint density at radius 1 is 1.32 bits per heavy atom. The van der Waals surface area contributed by atoms with Crippen LogP contribution in [0.4, 0.5) is 5.69 Å². The minimum absolute atomic E-state index is 0.00871. The molecule has 146 valence electrons. The Hall–Kier alpha value is -2.24. The number of nitrogens with zero attached hydrogens (tertiary/aromatic N) is 1. The standard InChI is InChI=1S/C21H20ClIN2O3/c1-12(2)28-20-18(23)8-14(9-19(20)27-4)7-15(11-24)21(26)25-16-6-5-13(3)17(22)10-16/h5-10,12H,1-4H3,(H,25,26)/b15-7+. The first-order chi connectivity index (χ1) is 13.2. The number of aryl methyl sites for hydroxylation is 1. The van der Waals surface area contributed by atoms with Gasteiger partial charge in [-0.25, -0.2) is 0 Å². The molecule has 0 spiro atoms. The zero-order valence-electron chi connectivity index (χ0n) is 16.0. The van der Waals surface area contributed by atoms with Gasteiger partial charge in [0.2, 0.25) is 0 Å². The molecule has 28 heavy (non-hydrogen) atoms. The van der Waals surface area contributed by atoms with E-state index in [2.05, 4.69) is 27.9 Å². The zero-order chi connectivity index (χ0) is 20.8. The van der Waals surface area contributed by atoms with Crippen LogP contribution in [0.5, 0.6) is 11.5 Å². The van der Waals surface area contributed by atoms with Gasteiger partial charge in [0, 0.05) is 10.7 Å². The summed E-state index contributed by atoms with van der Waals surface area (Å²) >= 11 is 8.22. The van der Waals surface area contributed by atoms with Crippen molar-refractivity contribution in [3.8, 4) is 17.6 Å². The molecule has 0 aliphatic carbocycles. The first-order valence-electron chi connectivity index (χ1n) is 8.48. The molecule has 0 heterocycles. The normalized spacial score (nSPS) is 11.1. The predicted octanol–water partition coefficient (Wildman–Crippen LogP) is 5.59. The van der Waals surface area contributed by atoms with E-state index in [-0.39, 0.29) is 11.7 Å². The average molecular weight is 511 g/mol. The van der Waals surface area contributed by atoms with Gasteiger partial charge in [-0.15, -0.1) is 0 Å². The van der Waals surface area contributed by atoms with Crippen LogP contribution in [0.3, 0.4) is 0 Å². The van der Waals surface area contributed by atoms with E-state index < -0.39 is 5.91 Å². The summed E-state index contributed by atoms with van der Waals surface area (Å²) in [6, 6.07) is 10.7. The van der Waals surface area contributed by atoms with E-state index in [9.17, 15) is 10.1 Å². The van der Waals surface area contributed by atoms with Gasteiger partial charge in [-0.1, -0.05) is 17.7 Å². The molecule has 0 bridgehead atoms. The maximum absolute atomic E-state index is 12.5. The highest BCUT2D eigenvalue weighted by Crippen LogP contribution is 2.35. The molecule has 0 aromatic heterocycles.